The van der Waals surface area contributed by atoms with Gasteiger partial charge in [0.1, 0.15) is 6.10 Å². The van der Waals surface area contributed by atoms with Gasteiger partial charge in [-0.2, -0.15) is 0 Å². The zero-order chi connectivity index (χ0) is 47.8. The molecular formula is C61H109NO4. The third-order valence-corrected chi connectivity index (χ3v) is 18.2. The molecule has 0 amide bonds. The van der Waals surface area contributed by atoms with Crippen LogP contribution < -0.4 is 0 Å². The van der Waals surface area contributed by atoms with Gasteiger partial charge in [-0.3, -0.25) is 9.69 Å². The van der Waals surface area contributed by atoms with Gasteiger partial charge in [-0.25, -0.2) is 0 Å². The van der Waals surface area contributed by atoms with E-state index in [1.54, 1.807) is 5.57 Å². The van der Waals surface area contributed by atoms with Crippen molar-refractivity contribution in [2.75, 3.05) is 19.6 Å². The zero-order valence-corrected chi connectivity index (χ0v) is 44.9. The number of rotatable bonds is 35. The second-order valence-electron chi connectivity index (χ2n) is 23.9. The second kappa shape index (κ2) is 31.0. The number of aliphatic hydroxyl groups is 2. The van der Waals surface area contributed by atoms with E-state index < -0.39 is 12.2 Å². The van der Waals surface area contributed by atoms with Crippen molar-refractivity contribution < 1.29 is 19.7 Å². The summed E-state index contributed by atoms with van der Waals surface area (Å²) in [6, 6.07) is 0. The molecular weight excluding hydrogens is 811 g/mol. The fourth-order valence-electron chi connectivity index (χ4n) is 14.0. The van der Waals surface area contributed by atoms with Gasteiger partial charge in [0.25, 0.3) is 0 Å². The molecule has 0 spiro atoms. The van der Waals surface area contributed by atoms with Crippen LogP contribution in [0.25, 0.3) is 0 Å². The van der Waals surface area contributed by atoms with Crippen molar-refractivity contribution in [3.8, 4) is 0 Å². The SMILES string of the molecule is CCCCC/C=C\C/C=C/CCCCCC[C@H](O)CN(CCCC(=O)OC1CCC2(C)C(=CCC3C2CCC2(C)C(C(C)CCCC(C)C)CCC32)C1)C[C@H](O)C(C)CCCCCCCC. The molecule has 0 aliphatic heterocycles. The van der Waals surface area contributed by atoms with Crippen LogP contribution >= 0.6 is 0 Å². The predicted molar refractivity (Wildman–Crippen MR) is 283 cm³/mol. The Balaban J connectivity index is 1.21. The minimum atomic E-state index is -0.430. The molecule has 382 valence electrons. The van der Waals surface area contributed by atoms with Crippen molar-refractivity contribution in [1.82, 2.24) is 4.90 Å². The maximum Gasteiger partial charge on any atom is 0.306 e. The van der Waals surface area contributed by atoms with Gasteiger partial charge in [0.15, 0.2) is 0 Å². The van der Waals surface area contributed by atoms with Crippen molar-refractivity contribution in [3.05, 3.63) is 36.0 Å². The molecule has 4 rings (SSSR count). The Bertz CT molecular complexity index is 1400. The molecule has 0 bridgehead atoms. The van der Waals surface area contributed by atoms with Crippen LogP contribution in [0.4, 0.5) is 0 Å². The van der Waals surface area contributed by atoms with E-state index in [4.69, 9.17) is 4.74 Å². The van der Waals surface area contributed by atoms with E-state index in [1.807, 2.05) is 0 Å². The number of aliphatic hydroxyl groups excluding tert-OH is 2. The van der Waals surface area contributed by atoms with E-state index in [0.29, 0.717) is 37.9 Å². The molecule has 0 radical (unpaired) electrons. The molecule has 0 aromatic carbocycles. The largest absolute Gasteiger partial charge is 0.462 e. The Morgan fingerprint density at radius 1 is 0.727 bits per heavy atom. The average Bonchev–Trinajstić information content (AvgIpc) is 3.64. The summed E-state index contributed by atoms with van der Waals surface area (Å²) >= 11 is 0. The first-order chi connectivity index (χ1) is 31.8. The summed E-state index contributed by atoms with van der Waals surface area (Å²) < 4.78 is 6.29. The van der Waals surface area contributed by atoms with Gasteiger partial charge in [0.2, 0.25) is 0 Å². The Morgan fingerprint density at radius 2 is 1.39 bits per heavy atom. The molecule has 5 nitrogen and oxygen atoms in total. The molecule has 3 fully saturated rings. The van der Waals surface area contributed by atoms with Gasteiger partial charge < -0.3 is 14.9 Å². The van der Waals surface area contributed by atoms with Crippen LogP contribution in [0.1, 0.15) is 254 Å². The summed E-state index contributed by atoms with van der Waals surface area (Å²) in [6.07, 6.45) is 47.5. The Hall–Kier alpha value is -1.43. The van der Waals surface area contributed by atoms with E-state index in [1.165, 1.54) is 128 Å². The molecule has 3 saturated carbocycles. The van der Waals surface area contributed by atoms with Crippen molar-refractivity contribution >= 4 is 5.97 Å². The van der Waals surface area contributed by atoms with Gasteiger partial charge in [-0.15, -0.1) is 0 Å². The van der Waals surface area contributed by atoms with Crippen LogP contribution in [-0.4, -0.2) is 59.0 Å². The summed E-state index contributed by atoms with van der Waals surface area (Å²) in [5, 5.41) is 22.6. The number of ether oxygens (including phenoxy) is 1. The minimum absolute atomic E-state index is 0.00867. The number of carbonyl (C=O) groups is 1. The van der Waals surface area contributed by atoms with Crippen LogP contribution in [0.15, 0.2) is 36.0 Å². The summed E-state index contributed by atoms with van der Waals surface area (Å²) in [5.74, 6) is 5.15. The number of fused-ring (bicyclic) bond motifs is 5. The smallest absolute Gasteiger partial charge is 0.306 e. The van der Waals surface area contributed by atoms with Crippen molar-refractivity contribution in [1.29, 1.82) is 0 Å². The molecule has 4 aliphatic carbocycles. The third-order valence-electron chi connectivity index (χ3n) is 18.2. The first-order valence-electron chi connectivity index (χ1n) is 29.1. The molecule has 5 heteroatoms. The first kappa shape index (κ1) is 57.2. The quantitative estimate of drug-likeness (QED) is 0.0377. The predicted octanol–water partition coefficient (Wildman–Crippen LogP) is 16.6. The highest BCUT2D eigenvalue weighted by Gasteiger charge is 2.59. The van der Waals surface area contributed by atoms with Crippen LogP contribution in [0, 0.1) is 52.3 Å². The van der Waals surface area contributed by atoms with Crippen LogP contribution in [0.5, 0.6) is 0 Å². The number of carbonyl (C=O) groups excluding carboxylic acids is 1. The number of allylic oxidation sites excluding steroid dienone is 5. The minimum Gasteiger partial charge on any atom is -0.462 e. The molecule has 11 atom stereocenters. The van der Waals surface area contributed by atoms with Crippen molar-refractivity contribution in [2.24, 2.45) is 52.3 Å². The van der Waals surface area contributed by atoms with Gasteiger partial charge in [0.05, 0.1) is 12.2 Å². The second-order valence-corrected chi connectivity index (χ2v) is 23.9. The van der Waals surface area contributed by atoms with Gasteiger partial charge in [0, 0.05) is 25.9 Å². The number of unbranched alkanes of at least 4 members (excludes halogenated alkanes) is 12. The maximum absolute atomic E-state index is 13.5. The third kappa shape index (κ3) is 18.7. The van der Waals surface area contributed by atoms with Crippen LogP contribution in [-0.2, 0) is 9.53 Å². The molecule has 0 saturated heterocycles. The molecule has 4 aliphatic rings. The molecule has 0 heterocycles. The van der Waals surface area contributed by atoms with E-state index in [2.05, 4.69) is 90.7 Å². The molecule has 66 heavy (non-hydrogen) atoms. The van der Waals surface area contributed by atoms with E-state index in [-0.39, 0.29) is 23.4 Å². The summed E-state index contributed by atoms with van der Waals surface area (Å²) in [4.78, 5) is 15.7. The Labute approximate surface area is 409 Å². The van der Waals surface area contributed by atoms with E-state index >= 15 is 0 Å². The zero-order valence-electron chi connectivity index (χ0n) is 44.9. The summed E-state index contributed by atoms with van der Waals surface area (Å²) in [7, 11) is 0. The number of hydrogen-bond donors (Lipinski definition) is 2. The normalized spacial score (nSPS) is 28.4. The fourth-order valence-corrected chi connectivity index (χ4v) is 14.0. The highest BCUT2D eigenvalue weighted by Crippen LogP contribution is 2.67. The topological polar surface area (TPSA) is 70.0 Å². The van der Waals surface area contributed by atoms with Crippen molar-refractivity contribution in [3.63, 3.8) is 0 Å². The standard InChI is InChI=1S/C61H109NO4/c1-9-11-13-15-17-18-19-20-21-22-23-24-26-28-34-52(63)46-62(47-58(64)50(6)32-27-25-16-14-12-10-2)44-30-35-59(65)66-53-40-42-60(7)51(45-53)36-37-54-56-39-38-55(49(5)33-29-31-48(3)4)61(56,8)43-41-57(54)60/h17-18,20-21,36,48-50,52-58,63-64H,9-16,19,22-35,37-47H2,1-8H3/b18-17-,21-20+/t49?,50?,52-,53?,54?,55?,56?,57?,58-,60?,61?/m0/s1. The molecule has 0 aromatic rings. The van der Waals surface area contributed by atoms with Crippen molar-refractivity contribution in [2.45, 2.75) is 273 Å². The van der Waals surface area contributed by atoms with Crippen LogP contribution in [0.2, 0.25) is 0 Å². The number of esters is 1. The van der Waals surface area contributed by atoms with Crippen LogP contribution in [0.3, 0.4) is 0 Å². The maximum atomic E-state index is 13.5. The highest BCUT2D eigenvalue weighted by molar-refractivity contribution is 5.69. The molecule has 0 aromatic heterocycles. The van der Waals surface area contributed by atoms with Gasteiger partial charge in [-0.05, 0) is 155 Å². The lowest BCUT2D eigenvalue weighted by Gasteiger charge is -2.58. The number of nitrogens with zero attached hydrogens (tertiary/aromatic N) is 1. The average molecular weight is 921 g/mol. The monoisotopic (exact) mass is 920 g/mol. The lowest BCUT2D eigenvalue weighted by Crippen LogP contribution is -2.51. The first-order valence-corrected chi connectivity index (χ1v) is 29.1. The lowest BCUT2D eigenvalue weighted by molar-refractivity contribution is -0.151. The number of hydrogen-bond acceptors (Lipinski definition) is 5. The molecule has 2 N–H and O–H groups in total. The summed E-state index contributed by atoms with van der Waals surface area (Å²) in [6.45, 7) is 21.1. The van der Waals surface area contributed by atoms with E-state index in [0.717, 1.165) is 93.3 Å². The highest BCUT2D eigenvalue weighted by atomic mass is 16.5. The lowest BCUT2D eigenvalue weighted by atomic mass is 9.47. The van der Waals surface area contributed by atoms with Gasteiger partial charge in [-0.1, -0.05) is 181 Å². The van der Waals surface area contributed by atoms with Gasteiger partial charge >= 0.3 is 5.97 Å². The summed E-state index contributed by atoms with van der Waals surface area (Å²) in [5.41, 5.74) is 2.35. The Kier molecular flexibility index (Phi) is 26.9. The Morgan fingerprint density at radius 3 is 2.12 bits per heavy atom. The van der Waals surface area contributed by atoms with E-state index in [9.17, 15) is 15.0 Å². The fraction of sp³-hybridized carbons (Fsp3) is 0.885. The molecule has 9 unspecified atom stereocenters.